The van der Waals surface area contributed by atoms with Crippen molar-refractivity contribution in [3.63, 3.8) is 0 Å². The number of hydrogen-bond acceptors (Lipinski definition) is 2. The molecule has 2 nitrogen and oxygen atoms in total. The highest BCUT2D eigenvalue weighted by Crippen LogP contribution is 2.40. The molecule has 2 heteroatoms. The standard InChI is InChI=1S/C22H32O2/c1-7-24-21(23)16-18(3)11-8-10-17(2)13-14-20-19(4)12-9-15-22(20,5)6/h8,10-11,13-14,16H,7,9,12,15H2,1-6H3/b11-8+,14-13-,17-10-,18-16-. The third-order valence-electron chi connectivity index (χ3n) is 4.41. The van der Waals surface area contributed by atoms with E-state index in [2.05, 4.69) is 45.9 Å². The summed E-state index contributed by atoms with van der Waals surface area (Å²) < 4.78 is 4.89. The molecule has 0 heterocycles. The van der Waals surface area contributed by atoms with E-state index in [-0.39, 0.29) is 11.4 Å². The van der Waals surface area contributed by atoms with Gasteiger partial charge in [-0.2, -0.15) is 0 Å². The van der Waals surface area contributed by atoms with E-state index in [1.807, 2.05) is 19.1 Å². The molecular weight excluding hydrogens is 296 g/mol. The molecule has 0 unspecified atom stereocenters. The molecule has 0 saturated carbocycles. The topological polar surface area (TPSA) is 26.3 Å². The fraction of sp³-hybridized carbons (Fsp3) is 0.500. The minimum absolute atomic E-state index is 0.272. The van der Waals surface area contributed by atoms with Crippen LogP contribution in [-0.2, 0) is 9.53 Å². The molecule has 0 amide bonds. The Labute approximate surface area is 147 Å². The van der Waals surface area contributed by atoms with Crippen molar-refractivity contribution in [2.45, 2.75) is 60.8 Å². The Bertz CT molecular complexity index is 595. The van der Waals surface area contributed by atoms with Crippen molar-refractivity contribution in [3.8, 4) is 0 Å². The van der Waals surface area contributed by atoms with E-state index in [0.717, 1.165) is 5.57 Å². The quantitative estimate of drug-likeness (QED) is 0.335. The number of allylic oxidation sites excluding steroid dienone is 9. The van der Waals surface area contributed by atoms with Gasteiger partial charge in [0.25, 0.3) is 0 Å². The number of ether oxygens (including phenoxy) is 1. The van der Waals surface area contributed by atoms with Crippen LogP contribution in [0.2, 0.25) is 0 Å². The van der Waals surface area contributed by atoms with Gasteiger partial charge in [-0.15, -0.1) is 0 Å². The zero-order valence-electron chi connectivity index (χ0n) is 16.1. The van der Waals surface area contributed by atoms with Gasteiger partial charge in [-0.25, -0.2) is 4.79 Å². The Morgan fingerprint density at radius 1 is 1.21 bits per heavy atom. The zero-order valence-corrected chi connectivity index (χ0v) is 16.1. The van der Waals surface area contributed by atoms with Crippen LogP contribution in [0.3, 0.4) is 0 Å². The van der Waals surface area contributed by atoms with Gasteiger partial charge in [-0.05, 0) is 63.5 Å². The van der Waals surface area contributed by atoms with Crippen molar-refractivity contribution in [1.82, 2.24) is 0 Å². The van der Waals surface area contributed by atoms with Gasteiger partial charge >= 0.3 is 5.97 Å². The van der Waals surface area contributed by atoms with E-state index in [9.17, 15) is 4.79 Å². The predicted octanol–water partition coefficient (Wildman–Crippen LogP) is 6.08. The van der Waals surface area contributed by atoms with Crippen molar-refractivity contribution < 1.29 is 9.53 Å². The van der Waals surface area contributed by atoms with Crippen LogP contribution in [0.15, 0.2) is 58.7 Å². The lowest BCUT2D eigenvalue weighted by Gasteiger charge is -2.32. The number of esters is 1. The van der Waals surface area contributed by atoms with Crippen LogP contribution in [0.25, 0.3) is 0 Å². The molecule has 0 atom stereocenters. The second-order valence-electron chi connectivity index (χ2n) is 7.17. The molecule has 0 radical (unpaired) electrons. The summed E-state index contributed by atoms with van der Waals surface area (Å²) in [6.07, 6.45) is 15.7. The third kappa shape index (κ3) is 6.74. The van der Waals surface area contributed by atoms with Gasteiger partial charge in [0.05, 0.1) is 6.61 Å². The fourth-order valence-corrected chi connectivity index (χ4v) is 3.05. The largest absolute Gasteiger partial charge is 0.463 e. The number of carbonyl (C=O) groups excluding carboxylic acids is 1. The maximum atomic E-state index is 11.4. The second-order valence-corrected chi connectivity index (χ2v) is 7.17. The lowest BCUT2D eigenvalue weighted by atomic mass is 9.72. The molecule has 1 aliphatic carbocycles. The molecular formula is C22H32O2. The molecule has 1 aliphatic rings. The molecule has 0 aromatic rings. The monoisotopic (exact) mass is 328 g/mol. The van der Waals surface area contributed by atoms with Gasteiger partial charge in [-0.3, -0.25) is 0 Å². The van der Waals surface area contributed by atoms with E-state index in [1.54, 1.807) is 6.92 Å². The van der Waals surface area contributed by atoms with Gasteiger partial charge in [0.15, 0.2) is 0 Å². The molecule has 0 fully saturated rings. The molecule has 0 N–H and O–H groups in total. The van der Waals surface area contributed by atoms with Crippen LogP contribution < -0.4 is 0 Å². The summed E-state index contributed by atoms with van der Waals surface area (Å²) in [6, 6.07) is 0. The van der Waals surface area contributed by atoms with Crippen LogP contribution in [0.5, 0.6) is 0 Å². The molecule has 0 bridgehead atoms. The van der Waals surface area contributed by atoms with Gasteiger partial charge in [0.1, 0.15) is 0 Å². The normalized spacial score (nSPS) is 19.4. The van der Waals surface area contributed by atoms with Crippen molar-refractivity contribution in [2.75, 3.05) is 6.61 Å². The molecule has 0 aromatic carbocycles. The molecule has 0 spiro atoms. The molecule has 1 rings (SSSR count). The fourth-order valence-electron chi connectivity index (χ4n) is 3.05. The summed E-state index contributed by atoms with van der Waals surface area (Å²) in [4.78, 5) is 11.4. The lowest BCUT2D eigenvalue weighted by Crippen LogP contribution is -2.19. The summed E-state index contributed by atoms with van der Waals surface area (Å²) in [7, 11) is 0. The average Bonchev–Trinajstić information content (AvgIpc) is 2.46. The Morgan fingerprint density at radius 3 is 2.54 bits per heavy atom. The number of carbonyl (C=O) groups is 1. The first-order valence-electron chi connectivity index (χ1n) is 8.84. The Hall–Kier alpha value is -1.83. The molecule has 0 saturated heterocycles. The lowest BCUT2D eigenvalue weighted by molar-refractivity contribution is -0.137. The molecule has 24 heavy (non-hydrogen) atoms. The Kier molecular flexibility index (Phi) is 7.97. The minimum Gasteiger partial charge on any atom is -0.463 e. The SMILES string of the molecule is CCOC(=O)\C=C(C)/C=C/C=C(C)\C=C/C1=C(C)CCCC1(C)C. The first kappa shape index (κ1) is 20.2. The van der Waals surface area contributed by atoms with E-state index in [1.165, 1.54) is 42.1 Å². The summed E-state index contributed by atoms with van der Waals surface area (Å²) in [5, 5.41) is 0. The Balaban J connectivity index is 2.73. The highest BCUT2D eigenvalue weighted by atomic mass is 16.5. The average molecular weight is 328 g/mol. The smallest absolute Gasteiger partial charge is 0.330 e. The van der Waals surface area contributed by atoms with E-state index < -0.39 is 0 Å². The van der Waals surface area contributed by atoms with Crippen LogP contribution in [0, 0.1) is 5.41 Å². The third-order valence-corrected chi connectivity index (χ3v) is 4.41. The van der Waals surface area contributed by atoms with Crippen molar-refractivity contribution in [3.05, 3.63) is 58.7 Å². The summed E-state index contributed by atoms with van der Waals surface area (Å²) >= 11 is 0. The van der Waals surface area contributed by atoms with E-state index >= 15 is 0 Å². The maximum absolute atomic E-state index is 11.4. The van der Waals surface area contributed by atoms with Crippen LogP contribution in [-0.4, -0.2) is 12.6 Å². The van der Waals surface area contributed by atoms with Crippen LogP contribution in [0.4, 0.5) is 0 Å². The number of rotatable bonds is 6. The van der Waals surface area contributed by atoms with Gasteiger partial charge in [0.2, 0.25) is 0 Å². The van der Waals surface area contributed by atoms with Gasteiger partial charge in [-0.1, -0.05) is 55.4 Å². The van der Waals surface area contributed by atoms with Gasteiger partial charge < -0.3 is 4.74 Å². The predicted molar refractivity (Wildman–Crippen MR) is 103 cm³/mol. The Morgan fingerprint density at radius 2 is 1.92 bits per heavy atom. The zero-order chi connectivity index (χ0) is 18.2. The molecule has 0 aliphatic heterocycles. The molecule has 0 aromatic heterocycles. The van der Waals surface area contributed by atoms with Crippen LogP contribution >= 0.6 is 0 Å². The first-order valence-corrected chi connectivity index (χ1v) is 8.84. The van der Waals surface area contributed by atoms with Crippen molar-refractivity contribution in [1.29, 1.82) is 0 Å². The summed E-state index contributed by atoms with van der Waals surface area (Å²) in [5.41, 5.74) is 5.33. The summed E-state index contributed by atoms with van der Waals surface area (Å²) in [5.74, 6) is -0.290. The van der Waals surface area contributed by atoms with Crippen molar-refractivity contribution in [2.24, 2.45) is 5.41 Å². The highest BCUT2D eigenvalue weighted by molar-refractivity contribution is 5.83. The minimum atomic E-state index is -0.290. The van der Waals surface area contributed by atoms with Crippen LogP contribution in [0.1, 0.15) is 60.8 Å². The second kappa shape index (κ2) is 9.46. The van der Waals surface area contributed by atoms with E-state index in [4.69, 9.17) is 4.74 Å². The summed E-state index contributed by atoms with van der Waals surface area (Å²) in [6.45, 7) is 13.1. The maximum Gasteiger partial charge on any atom is 0.330 e. The highest BCUT2D eigenvalue weighted by Gasteiger charge is 2.26. The number of hydrogen-bond donors (Lipinski definition) is 0. The van der Waals surface area contributed by atoms with Crippen molar-refractivity contribution >= 4 is 5.97 Å². The first-order chi connectivity index (χ1) is 11.3. The van der Waals surface area contributed by atoms with E-state index in [0.29, 0.717) is 6.61 Å². The molecule has 132 valence electrons. The van der Waals surface area contributed by atoms with Gasteiger partial charge in [0, 0.05) is 6.08 Å².